The minimum atomic E-state index is -1.47. The Morgan fingerprint density at radius 1 is 1.50 bits per heavy atom. The zero-order valence-electron chi connectivity index (χ0n) is 10.4. The lowest BCUT2D eigenvalue weighted by molar-refractivity contribution is -0.145. The van der Waals surface area contributed by atoms with Crippen molar-refractivity contribution in [3.8, 4) is 5.75 Å². The number of hydrogen-bond acceptors (Lipinski definition) is 5. The maximum Gasteiger partial charge on any atom is 0.331 e. The molecule has 0 radical (unpaired) electrons. The van der Waals surface area contributed by atoms with E-state index in [2.05, 4.69) is 5.32 Å². The number of methoxy groups -OCH3 is 2. The van der Waals surface area contributed by atoms with E-state index < -0.39 is 17.4 Å². The smallest absolute Gasteiger partial charge is 0.331 e. The summed E-state index contributed by atoms with van der Waals surface area (Å²) in [6, 6.07) is 1.65. The molecule has 0 saturated carbocycles. The number of carbonyl (C=O) groups is 2. The number of carboxylic acid groups (broad SMARTS) is 1. The molecule has 1 rings (SSSR count). The van der Waals surface area contributed by atoms with Crippen LogP contribution in [0.25, 0.3) is 0 Å². The maximum absolute atomic E-state index is 12.0. The molecule has 1 aromatic heterocycles. The summed E-state index contributed by atoms with van der Waals surface area (Å²) in [6.45, 7) is 1.26. The Labute approximate surface area is 109 Å². The Hall–Kier alpha value is -1.60. The van der Waals surface area contributed by atoms with Crippen LogP contribution >= 0.6 is 11.3 Å². The number of aliphatic carboxylic acids is 1. The number of carbonyl (C=O) groups excluding carboxylic acids is 1. The number of amides is 1. The fraction of sp³-hybridized carbons (Fsp3) is 0.455. The summed E-state index contributed by atoms with van der Waals surface area (Å²) in [4.78, 5) is 23.5. The molecule has 1 unspecified atom stereocenters. The third-order valence-corrected chi connectivity index (χ3v) is 3.24. The van der Waals surface area contributed by atoms with Gasteiger partial charge >= 0.3 is 5.97 Å². The van der Waals surface area contributed by atoms with Crippen LogP contribution in [0.5, 0.6) is 5.75 Å². The fourth-order valence-electron chi connectivity index (χ4n) is 1.37. The summed E-state index contributed by atoms with van der Waals surface area (Å²) in [7, 11) is 2.82. The van der Waals surface area contributed by atoms with E-state index in [4.69, 9.17) is 14.6 Å². The zero-order chi connectivity index (χ0) is 13.8. The zero-order valence-corrected chi connectivity index (χ0v) is 11.2. The predicted octanol–water partition coefficient (Wildman–Crippen LogP) is 0.976. The highest BCUT2D eigenvalue weighted by atomic mass is 32.1. The Bertz CT molecular complexity index is 444. The Morgan fingerprint density at radius 2 is 2.17 bits per heavy atom. The molecule has 0 aliphatic carbocycles. The summed E-state index contributed by atoms with van der Waals surface area (Å²) in [5.74, 6) is -1.24. The van der Waals surface area contributed by atoms with E-state index in [1.165, 1.54) is 32.5 Å². The van der Waals surface area contributed by atoms with E-state index in [0.717, 1.165) is 0 Å². The minimum absolute atomic E-state index is 0.123. The topological polar surface area (TPSA) is 84.9 Å². The minimum Gasteiger partial charge on any atom is -0.495 e. The average Bonchev–Trinajstić information content (AvgIpc) is 2.76. The molecular weight excluding hydrogens is 258 g/mol. The molecular formula is C11H15NO5S. The second-order valence-corrected chi connectivity index (χ2v) is 4.76. The van der Waals surface area contributed by atoms with Gasteiger partial charge in [0.05, 0.1) is 13.7 Å². The van der Waals surface area contributed by atoms with Crippen molar-refractivity contribution < 1.29 is 24.2 Å². The predicted molar refractivity (Wildman–Crippen MR) is 66.3 cm³/mol. The molecule has 1 aromatic rings. The van der Waals surface area contributed by atoms with Crippen LogP contribution in [0.15, 0.2) is 11.4 Å². The van der Waals surface area contributed by atoms with Gasteiger partial charge in [0.25, 0.3) is 5.91 Å². The third-order valence-electron chi connectivity index (χ3n) is 2.35. The number of hydrogen-bond donors (Lipinski definition) is 2. The summed E-state index contributed by atoms with van der Waals surface area (Å²) in [6.07, 6.45) is 0. The van der Waals surface area contributed by atoms with Crippen molar-refractivity contribution in [3.63, 3.8) is 0 Å². The summed E-state index contributed by atoms with van der Waals surface area (Å²) in [5, 5.41) is 13.2. The van der Waals surface area contributed by atoms with E-state index in [1.807, 2.05) is 0 Å². The molecule has 0 bridgehead atoms. The number of carboxylic acids is 1. The quantitative estimate of drug-likeness (QED) is 0.807. The van der Waals surface area contributed by atoms with Crippen molar-refractivity contribution in [1.82, 2.24) is 5.32 Å². The SMILES string of the molecule is COCC(C)(NC(=O)c1sccc1OC)C(=O)O. The Kier molecular flexibility index (Phi) is 4.69. The summed E-state index contributed by atoms with van der Waals surface area (Å²) in [5.41, 5.74) is -1.47. The van der Waals surface area contributed by atoms with E-state index >= 15 is 0 Å². The number of ether oxygens (including phenoxy) is 2. The highest BCUT2D eigenvalue weighted by molar-refractivity contribution is 7.12. The van der Waals surface area contributed by atoms with Gasteiger partial charge in [-0.15, -0.1) is 11.3 Å². The standard InChI is InChI=1S/C11H15NO5S/c1-11(6-16-2,10(14)15)12-9(13)8-7(17-3)4-5-18-8/h4-5H,6H2,1-3H3,(H,12,13)(H,14,15). The van der Waals surface area contributed by atoms with Crippen molar-refractivity contribution >= 4 is 23.2 Å². The second-order valence-electron chi connectivity index (χ2n) is 3.84. The number of nitrogens with one attached hydrogen (secondary N) is 1. The molecule has 6 nitrogen and oxygen atoms in total. The van der Waals surface area contributed by atoms with E-state index in [0.29, 0.717) is 10.6 Å². The van der Waals surface area contributed by atoms with Crippen molar-refractivity contribution in [1.29, 1.82) is 0 Å². The van der Waals surface area contributed by atoms with Crippen molar-refractivity contribution in [3.05, 3.63) is 16.3 Å². The van der Waals surface area contributed by atoms with Gasteiger partial charge < -0.3 is 19.9 Å². The summed E-state index contributed by atoms with van der Waals surface area (Å²) >= 11 is 1.18. The largest absolute Gasteiger partial charge is 0.495 e. The van der Waals surface area contributed by atoms with E-state index in [9.17, 15) is 9.59 Å². The first-order valence-electron chi connectivity index (χ1n) is 5.11. The van der Waals surface area contributed by atoms with Gasteiger partial charge in [0.2, 0.25) is 0 Å². The van der Waals surface area contributed by atoms with Crippen molar-refractivity contribution in [2.24, 2.45) is 0 Å². The molecule has 1 amide bonds. The molecule has 18 heavy (non-hydrogen) atoms. The second kappa shape index (κ2) is 5.83. The van der Waals surface area contributed by atoms with Gasteiger partial charge in [0.1, 0.15) is 10.6 Å². The van der Waals surface area contributed by atoms with E-state index in [1.54, 1.807) is 11.4 Å². The Balaban J connectivity index is 2.89. The van der Waals surface area contributed by atoms with Crippen molar-refractivity contribution in [2.45, 2.75) is 12.5 Å². The molecule has 1 heterocycles. The van der Waals surface area contributed by atoms with Crippen LogP contribution in [0.4, 0.5) is 0 Å². The first-order valence-corrected chi connectivity index (χ1v) is 5.99. The first-order chi connectivity index (χ1) is 8.44. The molecule has 100 valence electrons. The lowest BCUT2D eigenvalue weighted by Crippen LogP contribution is -2.55. The third kappa shape index (κ3) is 2.99. The number of thiophene rings is 1. The van der Waals surface area contributed by atoms with Crippen LogP contribution in [-0.4, -0.2) is 43.3 Å². The fourth-order valence-corrected chi connectivity index (χ4v) is 2.12. The van der Waals surface area contributed by atoms with Gasteiger partial charge in [-0.1, -0.05) is 0 Å². The lowest BCUT2D eigenvalue weighted by atomic mass is 10.0. The molecule has 0 aliphatic heterocycles. The van der Waals surface area contributed by atoms with Crippen LogP contribution < -0.4 is 10.1 Å². The van der Waals surface area contributed by atoms with Gasteiger partial charge in [-0.3, -0.25) is 4.79 Å². The number of rotatable bonds is 6. The first kappa shape index (κ1) is 14.5. The molecule has 0 saturated heterocycles. The lowest BCUT2D eigenvalue weighted by Gasteiger charge is -2.25. The molecule has 0 fully saturated rings. The molecule has 0 aromatic carbocycles. The molecule has 0 aliphatic rings. The van der Waals surface area contributed by atoms with Crippen molar-refractivity contribution in [2.75, 3.05) is 20.8 Å². The van der Waals surface area contributed by atoms with Gasteiger partial charge in [-0.05, 0) is 18.4 Å². The summed E-state index contributed by atoms with van der Waals surface area (Å²) < 4.78 is 9.83. The van der Waals surface area contributed by atoms with Gasteiger partial charge in [0.15, 0.2) is 5.54 Å². The Morgan fingerprint density at radius 3 is 2.67 bits per heavy atom. The van der Waals surface area contributed by atoms with Gasteiger partial charge in [0, 0.05) is 7.11 Å². The van der Waals surface area contributed by atoms with Crippen LogP contribution in [0.3, 0.4) is 0 Å². The molecule has 2 N–H and O–H groups in total. The molecule has 1 atom stereocenters. The van der Waals surface area contributed by atoms with E-state index in [-0.39, 0.29) is 6.61 Å². The normalized spacial score (nSPS) is 13.7. The highest BCUT2D eigenvalue weighted by Crippen LogP contribution is 2.24. The highest BCUT2D eigenvalue weighted by Gasteiger charge is 2.36. The average molecular weight is 273 g/mol. The molecule has 7 heteroatoms. The van der Waals surface area contributed by atoms with Gasteiger partial charge in [-0.2, -0.15) is 0 Å². The van der Waals surface area contributed by atoms with Crippen LogP contribution in [0.1, 0.15) is 16.6 Å². The van der Waals surface area contributed by atoms with Crippen LogP contribution in [-0.2, 0) is 9.53 Å². The maximum atomic E-state index is 12.0. The van der Waals surface area contributed by atoms with Crippen LogP contribution in [0.2, 0.25) is 0 Å². The van der Waals surface area contributed by atoms with Crippen LogP contribution in [0, 0.1) is 0 Å². The molecule has 0 spiro atoms. The monoisotopic (exact) mass is 273 g/mol. The van der Waals surface area contributed by atoms with Gasteiger partial charge in [-0.25, -0.2) is 4.79 Å².